The molecule has 0 bridgehead atoms. The van der Waals surface area contributed by atoms with E-state index in [1.54, 1.807) is 11.3 Å². The molecule has 9 heteroatoms. The Hall–Kier alpha value is -2.39. The number of aromatic nitrogens is 3. The van der Waals surface area contributed by atoms with Gasteiger partial charge < -0.3 is 14.5 Å². The number of hydrogen-bond donors (Lipinski definition) is 1. The lowest BCUT2D eigenvalue weighted by atomic mass is 10.3. The summed E-state index contributed by atoms with van der Waals surface area (Å²) in [6.07, 6.45) is 0.501. The maximum Gasteiger partial charge on any atom is 0.277 e. The topological polar surface area (TPSA) is 90.1 Å². The minimum atomic E-state index is -0.110. The van der Waals surface area contributed by atoms with Crippen LogP contribution < -0.4 is 10.1 Å². The maximum absolute atomic E-state index is 11.8. The van der Waals surface area contributed by atoms with Gasteiger partial charge in [0.05, 0.1) is 29.4 Å². The summed E-state index contributed by atoms with van der Waals surface area (Å²) in [6, 6.07) is 9.47. The molecule has 0 radical (unpaired) electrons. The first-order valence-electron chi connectivity index (χ1n) is 8.00. The summed E-state index contributed by atoms with van der Waals surface area (Å²) in [6.45, 7) is 2.80. The second-order valence-corrected chi connectivity index (χ2v) is 7.29. The average molecular weight is 390 g/mol. The predicted molar refractivity (Wildman–Crippen MR) is 99.6 cm³/mol. The molecule has 1 amide bonds. The summed E-state index contributed by atoms with van der Waals surface area (Å²) in [4.78, 5) is 16.2. The number of thioether (sulfide) groups is 1. The van der Waals surface area contributed by atoms with Gasteiger partial charge in [-0.1, -0.05) is 30.0 Å². The zero-order valence-corrected chi connectivity index (χ0v) is 15.8. The van der Waals surface area contributed by atoms with Crippen LogP contribution in [-0.4, -0.2) is 40.0 Å². The van der Waals surface area contributed by atoms with Crippen molar-refractivity contribution in [2.75, 3.05) is 18.9 Å². The Bertz CT molecular complexity index is 835. The van der Waals surface area contributed by atoms with E-state index in [-0.39, 0.29) is 11.7 Å². The number of amides is 1. The van der Waals surface area contributed by atoms with Gasteiger partial charge in [0.25, 0.3) is 5.22 Å². The van der Waals surface area contributed by atoms with Gasteiger partial charge in [-0.15, -0.1) is 21.5 Å². The van der Waals surface area contributed by atoms with Crippen LogP contribution in [0.4, 0.5) is 0 Å². The number of nitrogens with one attached hydrogen (secondary N) is 1. The molecule has 1 aromatic carbocycles. The third kappa shape index (κ3) is 5.85. The zero-order valence-electron chi connectivity index (χ0n) is 14.2. The molecule has 3 rings (SSSR count). The van der Waals surface area contributed by atoms with Crippen molar-refractivity contribution in [1.29, 1.82) is 0 Å². The number of para-hydroxylation sites is 1. The fourth-order valence-corrected chi connectivity index (χ4v) is 3.29. The molecule has 0 saturated heterocycles. The van der Waals surface area contributed by atoms with Gasteiger partial charge in [-0.05, 0) is 19.1 Å². The molecular weight excluding hydrogens is 372 g/mol. The van der Waals surface area contributed by atoms with E-state index in [1.165, 1.54) is 11.8 Å². The highest BCUT2D eigenvalue weighted by Gasteiger charge is 2.11. The second-order valence-electron chi connectivity index (χ2n) is 5.30. The van der Waals surface area contributed by atoms with Crippen molar-refractivity contribution < 1.29 is 13.9 Å². The van der Waals surface area contributed by atoms with E-state index in [9.17, 15) is 4.79 Å². The molecule has 0 aliphatic heterocycles. The first-order valence-corrected chi connectivity index (χ1v) is 9.86. The molecule has 3 aromatic rings. The van der Waals surface area contributed by atoms with Crippen LogP contribution in [0.15, 0.2) is 45.4 Å². The number of ether oxygens (including phenoxy) is 1. The quantitative estimate of drug-likeness (QED) is 0.444. The van der Waals surface area contributed by atoms with Gasteiger partial charge in [0.2, 0.25) is 11.8 Å². The van der Waals surface area contributed by atoms with E-state index in [0.29, 0.717) is 30.7 Å². The molecule has 26 heavy (non-hydrogen) atoms. The Kier molecular flexibility index (Phi) is 6.62. The predicted octanol–water partition coefficient (Wildman–Crippen LogP) is 2.71. The molecule has 0 aliphatic rings. The number of thiazole rings is 1. The van der Waals surface area contributed by atoms with Crippen molar-refractivity contribution in [2.45, 2.75) is 18.6 Å². The van der Waals surface area contributed by atoms with Crippen molar-refractivity contribution in [3.05, 3.63) is 52.3 Å². The second kappa shape index (κ2) is 9.35. The number of benzene rings is 1. The van der Waals surface area contributed by atoms with Crippen molar-refractivity contribution in [3.8, 4) is 5.75 Å². The third-order valence-corrected chi connectivity index (χ3v) is 4.85. The lowest BCUT2D eigenvalue weighted by Crippen LogP contribution is -2.29. The molecule has 1 N–H and O–H groups in total. The molecule has 2 heterocycles. The molecule has 0 aliphatic carbocycles. The maximum atomic E-state index is 11.8. The van der Waals surface area contributed by atoms with Crippen LogP contribution in [0, 0.1) is 6.92 Å². The number of carbonyl (C=O) groups is 1. The molecule has 0 spiro atoms. The Labute approximate surface area is 159 Å². The van der Waals surface area contributed by atoms with E-state index in [2.05, 4.69) is 20.5 Å². The fourth-order valence-electron chi connectivity index (χ4n) is 2.07. The lowest BCUT2D eigenvalue weighted by Gasteiger charge is -2.06. The Morgan fingerprint density at radius 1 is 1.31 bits per heavy atom. The normalized spacial score (nSPS) is 10.7. The fraction of sp³-hybridized carbons (Fsp3) is 0.294. The molecule has 7 nitrogen and oxygen atoms in total. The van der Waals surface area contributed by atoms with Crippen molar-refractivity contribution in [1.82, 2.24) is 20.5 Å². The van der Waals surface area contributed by atoms with Gasteiger partial charge in [0, 0.05) is 5.38 Å². The molecular formula is C17H18N4O3S2. The van der Waals surface area contributed by atoms with Gasteiger partial charge >= 0.3 is 0 Å². The first kappa shape index (κ1) is 18.4. The first-order chi connectivity index (χ1) is 12.7. The largest absolute Gasteiger partial charge is 0.492 e. The molecule has 0 atom stereocenters. The van der Waals surface area contributed by atoms with E-state index < -0.39 is 0 Å². The number of carbonyl (C=O) groups excluding carboxylic acids is 1. The van der Waals surface area contributed by atoms with E-state index in [0.717, 1.165) is 16.5 Å². The number of aryl methyl sites for hydroxylation is 1. The van der Waals surface area contributed by atoms with E-state index in [4.69, 9.17) is 9.15 Å². The van der Waals surface area contributed by atoms with Gasteiger partial charge in [0.1, 0.15) is 12.4 Å². The highest BCUT2D eigenvalue weighted by atomic mass is 32.2. The van der Waals surface area contributed by atoms with Crippen molar-refractivity contribution in [3.63, 3.8) is 0 Å². The summed E-state index contributed by atoms with van der Waals surface area (Å²) < 4.78 is 11.0. The SMILES string of the molecule is Cc1nc(Cc2nnc(SCC(=O)NCCOc3ccccc3)o2)cs1. The van der Waals surface area contributed by atoms with E-state index >= 15 is 0 Å². The zero-order chi connectivity index (χ0) is 18.2. The Morgan fingerprint density at radius 2 is 2.15 bits per heavy atom. The van der Waals surface area contributed by atoms with Gasteiger partial charge in [-0.25, -0.2) is 4.98 Å². The monoisotopic (exact) mass is 390 g/mol. The molecule has 0 saturated carbocycles. The van der Waals surface area contributed by atoms with Crippen molar-refractivity contribution in [2.24, 2.45) is 0 Å². The van der Waals surface area contributed by atoms with Crippen LogP contribution in [0.1, 0.15) is 16.6 Å². The highest BCUT2D eigenvalue weighted by Crippen LogP contribution is 2.18. The molecule has 136 valence electrons. The van der Waals surface area contributed by atoms with Crippen LogP contribution >= 0.6 is 23.1 Å². The van der Waals surface area contributed by atoms with Crippen LogP contribution in [-0.2, 0) is 11.2 Å². The summed E-state index contributed by atoms with van der Waals surface area (Å²) in [5.74, 6) is 1.38. The molecule has 0 fully saturated rings. The summed E-state index contributed by atoms with van der Waals surface area (Å²) >= 11 is 2.79. The third-order valence-electron chi connectivity index (χ3n) is 3.21. The van der Waals surface area contributed by atoms with Crippen LogP contribution in [0.2, 0.25) is 0 Å². The number of rotatable bonds is 9. The molecule has 0 unspecified atom stereocenters. The van der Waals surface area contributed by atoms with Crippen LogP contribution in [0.25, 0.3) is 0 Å². The summed E-state index contributed by atoms with van der Waals surface area (Å²) in [5.41, 5.74) is 0.906. The van der Waals surface area contributed by atoms with Gasteiger partial charge in [0.15, 0.2) is 0 Å². The van der Waals surface area contributed by atoms with Gasteiger partial charge in [-0.2, -0.15) is 0 Å². The Morgan fingerprint density at radius 3 is 2.92 bits per heavy atom. The van der Waals surface area contributed by atoms with Crippen molar-refractivity contribution >= 4 is 29.0 Å². The van der Waals surface area contributed by atoms with Crippen LogP contribution in [0.5, 0.6) is 5.75 Å². The minimum absolute atomic E-state index is 0.110. The van der Waals surface area contributed by atoms with Gasteiger partial charge in [-0.3, -0.25) is 4.79 Å². The summed E-state index contributed by atoms with van der Waals surface area (Å²) in [5, 5.41) is 14.1. The highest BCUT2D eigenvalue weighted by molar-refractivity contribution is 7.99. The van der Waals surface area contributed by atoms with Crippen LogP contribution in [0.3, 0.4) is 0 Å². The average Bonchev–Trinajstić information content (AvgIpc) is 3.27. The standard InChI is InChI=1S/C17H18N4O3S2/c1-12-19-13(10-25-12)9-16-20-21-17(24-16)26-11-15(22)18-7-8-23-14-5-3-2-4-6-14/h2-6,10H,7-9,11H2,1H3,(H,18,22). The number of hydrogen-bond acceptors (Lipinski definition) is 8. The van der Waals surface area contributed by atoms with E-state index in [1.807, 2.05) is 42.6 Å². The smallest absolute Gasteiger partial charge is 0.277 e. The summed E-state index contributed by atoms with van der Waals surface area (Å²) in [7, 11) is 0. The Balaban J connectivity index is 1.34. The molecule has 2 aromatic heterocycles. The number of nitrogens with zero attached hydrogens (tertiary/aromatic N) is 3. The minimum Gasteiger partial charge on any atom is -0.492 e. The lowest BCUT2D eigenvalue weighted by molar-refractivity contribution is -0.118.